The summed E-state index contributed by atoms with van der Waals surface area (Å²) < 4.78 is 5.18. The number of rotatable bonds is 4. The van der Waals surface area contributed by atoms with Crippen molar-refractivity contribution in [2.75, 3.05) is 39.4 Å². The topological polar surface area (TPSA) is 38.5 Å². The van der Waals surface area contributed by atoms with E-state index in [2.05, 4.69) is 4.90 Å². The van der Waals surface area contributed by atoms with Crippen LogP contribution in [0, 0.1) is 11.8 Å². The van der Waals surface area contributed by atoms with Gasteiger partial charge < -0.3 is 15.4 Å². The molecule has 2 aliphatic heterocycles. The average Bonchev–Trinajstić information content (AvgIpc) is 2.16. The van der Waals surface area contributed by atoms with Gasteiger partial charge in [0.25, 0.3) is 0 Å². The highest BCUT2D eigenvalue weighted by molar-refractivity contribution is 4.75. The maximum absolute atomic E-state index is 5.71. The van der Waals surface area contributed by atoms with Crippen LogP contribution in [0.1, 0.15) is 19.3 Å². The Morgan fingerprint density at radius 2 is 2.14 bits per heavy atom. The third kappa shape index (κ3) is 2.69. The minimum Gasteiger partial charge on any atom is -0.381 e. The first-order valence-corrected chi connectivity index (χ1v) is 5.88. The Morgan fingerprint density at radius 3 is 2.79 bits per heavy atom. The van der Waals surface area contributed by atoms with E-state index in [-0.39, 0.29) is 0 Å². The van der Waals surface area contributed by atoms with Gasteiger partial charge in [0.2, 0.25) is 0 Å². The number of ether oxygens (including phenoxy) is 1. The molecule has 3 heteroatoms. The molecule has 2 aliphatic rings. The number of likely N-dealkylation sites (tertiary alicyclic amines) is 1. The summed E-state index contributed by atoms with van der Waals surface area (Å²) in [6, 6.07) is 0. The van der Waals surface area contributed by atoms with Crippen LogP contribution in [0.2, 0.25) is 0 Å². The molecular weight excluding hydrogens is 176 g/mol. The summed E-state index contributed by atoms with van der Waals surface area (Å²) in [4.78, 5) is 2.58. The first-order valence-electron chi connectivity index (χ1n) is 5.88. The van der Waals surface area contributed by atoms with E-state index in [4.69, 9.17) is 10.5 Å². The Morgan fingerprint density at radius 1 is 1.29 bits per heavy atom. The predicted molar refractivity (Wildman–Crippen MR) is 57.1 cm³/mol. The molecule has 82 valence electrons. The van der Waals surface area contributed by atoms with Crippen LogP contribution in [0.3, 0.4) is 0 Å². The van der Waals surface area contributed by atoms with Crippen LogP contribution in [0.5, 0.6) is 0 Å². The van der Waals surface area contributed by atoms with Crippen LogP contribution < -0.4 is 5.73 Å². The lowest BCUT2D eigenvalue weighted by molar-refractivity contribution is -0.0400. The van der Waals surface area contributed by atoms with Gasteiger partial charge in [0.15, 0.2) is 0 Å². The monoisotopic (exact) mass is 198 g/mol. The Balaban J connectivity index is 1.63. The van der Waals surface area contributed by atoms with E-state index in [0.29, 0.717) is 0 Å². The zero-order valence-electron chi connectivity index (χ0n) is 8.95. The quantitative estimate of drug-likeness (QED) is 0.722. The molecule has 0 spiro atoms. The summed E-state index contributed by atoms with van der Waals surface area (Å²) in [5, 5.41) is 0. The van der Waals surface area contributed by atoms with Gasteiger partial charge in [-0.15, -0.1) is 0 Å². The summed E-state index contributed by atoms with van der Waals surface area (Å²) in [6.45, 7) is 6.62. The molecule has 0 aromatic rings. The molecule has 2 fully saturated rings. The fourth-order valence-electron chi connectivity index (χ4n) is 2.36. The van der Waals surface area contributed by atoms with Gasteiger partial charge in [-0.2, -0.15) is 0 Å². The Bertz CT molecular complexity index is 171. The van der Waals surface area contributed by atoms with Gasteiger partial charge in [-0.3, -0.25) is 0 Å². The van der Waals surface area contributed by atoms with Crippen molar-refractivity contribution in [2.45, 2.75) is 19.3 Å². The Labute approximate surface area is 86.6 Å². The van der Waals surface area contributed by atoms with Gasteiger partial charge in [-0.05, 0) is 44.8 Å². The SMILES string of the molecule is NCC1CCCN(CCC2COC2)C1. The van der Waals surface area contributed by atoms with Crippen LogP contribution >= 0.6 is 0 Å². The van der Waals surface area contributed by atoms with Crippen molar-refractivity contribution in [1.82, 2.24) is 4.90 Å². The fraction of sp³-hybridized carbons (Fsp3) is 1.00. The highest BCUT2D eigenvalue weighted by Gasteiger charge is 2.22. The summed E-state index contributed by atoms with van der Waals surface area (Å²) in [7, 11) is 0. The minimum absolute atomic E-state index is 0.751. The predicted octanol–water partition coefficient (Wildman–Crippen LogP) is 0.694. The summed E-state index contributed by atoms with van der Waals surface area (Å²) >= 11 is 0. The zero-order valence-corrected chi connectivity index (χ0v) is 8.95. The van der Waals surface area contributed by atoms with Crippen molar-refractivity contribution < 1.29 is 4.74 Å². The standard InChI is InChI=1S/C11H22N2O/c12-6-10-2-1-4-13(7-10)5-3-11-8-14-9-11/h10-11H,1-9,12H2. The molecule has 0 aromatic carbocycles. The van der Waals surface area contributed by atoms with E-state index in [1.165, 1.54) is 38.9 Å². The molecule has 1 unspecified atom stereocenters. The van der Waals surface area contributed by atoms with Crippen LogP contribution in [-0.4, -0.2) is 44.3 Å². The lowest BCUT2D eigenvalue weighted by Gasteiger charge is -2.34. The number of hydrogen-bond donors (Lipinski definition) is 1. The maximum Gasteiger partial charge on any atom is 0.0516 e. The molecule has 1 atom stereocenters. The van der Waals surface area contributed by atoms with Crippen LogP contribution in [0.4, 0.5) is 0 Å². The highest BCUT2D eigenvalue weighted by Crippen LogP contribution is 2.19. The molecule has 2 N–H and O–H groups in total. The number of piperidine rings is 1. The molecule has 3 nitrogen and oxygen atoms in total. The molecule has 0 radical (unpaired) electrons. The van der Waals surface area contributed by atoms with E-state index >= 15 is 0 Å². The number of hydrogen-bond acceptors (Lipinski definition) is 3. The molecule has 0 aliphatic carbocycles. The van der Waals surface area contributed by atoms with Gasteiger partial charge in [-0.25, -0.2) is 0 Å². The minimum atomic E-state index is 0.751. The second kappa shape index (κ2) is 5.10. The number of nitrogens with two attached hydrogens (primary N) is 1. The van der Waals surface area contributed by atoms with Crippen molar-refractivity contribution in [2.24, 2.45) is 17.6 Å². The molecular formula is C11H22N2O. The maximum atomic E-state index is 5.71. The van der Waals surface area contributed by atoms with Gasteiger partial charge >= 0.3 is 0 Å². The van der Waals surface area contributed by atoms with Crippen molar-refractivity contribution in [1.29, 1.82) is 0 Å². The Kier molecular flexibility index (Phi) is 3.79. The second-order valence-corrected chi connectivity index (χ2v) is 4.74. The summed E-state index contributed by atoms with van der Waals surface area (Å²) in [5.41, 5.74) is 5.71. The molecule has 0 bridgehead atoms. The van der Waals surface area contributed by atoms with Gasteiger partial charge in [0.1, 0.15) is 0 Å². The van der Waals surface area contributed by atoms with Gasteiger partial charge in [0.05, 0.1) is 13.2 Å². The van der Waals surface area contributed by atoms with Crippen molar-refractivity contribution in [3.63, 3.8) is 0 Å². The van der Waals surface area contributed by atoms with Crippen molar-refractivity contribution >= 4 is 0 Å². The largest absolute Gasteiger partial charge is 0.381 e. The molecule has 0 amide bonds. The van der Waals surface area contributed by atoms with Gasteiger partial charge in [0, 0.05) is 12.5 Å². The molecule has 2 saturated heterocycles. The lowest BCUT2D eigenvalue weighted by atomic mass is 9.97. The summed E-state index contributed by atoms with van der Waals surface area (Å²) in [5.74, 6) is 1.59. The van der Waals surface area contributed by atoms with Crippen molar-refractivity contribution in [3.8, 4) is 0 Å². The molecule has 0 aromatic heterocycles. The molecule has 14 heavy (non-hydrogen) atoms. The van der Waals surface area contributed by atoms with E-state index in [9.17, 15) is 0 Å². The van der Waals surface area contributed by atoms with E-state index < -0.39 is 0 Å². The van der Waals surface area contributed by atoms with Crippen LogP contribution in [0.25, 0.3) is 0 Å². The zero-order chi connectivity index (χ0) is 9.80. The van der Waals surface area contributed by atoms with E-state index in [1.807, 2.05) is 0 Å². The molecule has 2 heterocycles. The van der Waals surface area contributed by atoms with Crippen LogP contribution in [0.15, 0.2) is 0 Å². The van der Waals surface area contributed by atoms with Gasteiger partial charge in [-0.1, -0.05) is 0 Å². The lowest BCUT2D eigenvalue weighted by Crippen LogP contribution is -2.40. The first-order chi connectivity index (χ1) is 6.88. The van der Waals surface area contributed by atoms with E-state index in [1.54, 1.807) is 0 Å². The average molecular weight is 198 g/mol. The molecule has 2 rings (SSSR count). The van der Waals surface area contributed by atoms with Crippen molar-refractivity contribution in [3.05, 3.63) is 0 Å². The molecule has 0 saturated carbocycles. The highest BCUT2D eigenvalue weighted by atomic mass is 16.5. The normalized spacial score (nSPS) is 30.2. The smallest absolute Gasteiger partial charge is 0.0516 e. The third-order valence-electron chi connectivity index (χ3n) is 3.50. The fourth-order valence-corrected chi connectivity index (χ4v) is 2.36. The Hall–Kier alpha value is -0.120. The number of nitrogens with zero attached hydrogens (tertiary/aromatic N) is 1. The summed E-state index contributed by atoms with van der Waals surface area (Å²) in [6.07, 6.45) is 3.99. The van der Waals surface area contributed by atoms with E-state index in [0.717, 1.165) is 31.6 Å². The first kappa shape index (κ1) is 10.4. The second-order valence-electron chi connectivity index (χ2n) is 4.74. The third-order valence-corrected chi connectivity index (χ3v) is 3.50. The van der Waals surface area contributed by atoms with Crippen LogP contribution in [-0.2, 0) is 4.74 Å².